The Bertz CT molecular complexity index is 577. The van der Waals surface area contributed by atoms with Crippen molar-refractivity contribution in [3.8, 4) is 0 Å². The summed E-state index contributed by atoms with van der Waals surface area (Å²) in [5, 5.41) is 0. The summed E-state index contributed by atoms with van der Waals surface area (Å²) in [5.41, 5.74) is 0. The third-order valence-corrected chi connectivity index (χ3v) is 8.84. The van der Waals surface area contributed by atoms with E-state index < -0.39 is 11.6 Å². The van der Waals surface area contributed by atoms with Gasteiger partial charge in [-0.1, -0.05) is 0 Å². The van der Waals surface area contributed by atoms with Gasteiger partial charge in [-0.05, 0) is 87.9 Å². The fourth-order valence-electron chi connectivity index (χ4n) is 8.95. The van der Waals surface area contributed by atoms with E-state index in [1.54, 1.807) is 0 Å². The summed E-state index contributed by atoms with van der Waals surface area (Å²) < 4.78 is 25.8. The SMILES string of the molecule is CC1(C)OC2C3CC4CC5C6OC(C)(C)OC6C6C5C4C3C6C2O1. The molecule has 2 aliphatic heterocycles. The van der Waals surface area contributed by atoms with Crippen molar-refractivity contribution in [3.05, 3.63) is 0 Å². The molecule has 10 unspecified atom stereocenters. The molecule has 0 aromatic heterocycles. The summed E-state index contributed by atoms with van der Waals surface area (Å²) in [7, 11) is 0. The zero-order chi connectivity index (χ0) is 16.2. The molecule has 0 aromatic carbocycles. The smallest absolute Gasteiger partial charge is 0.163 e. The van der Waals surface area contributed by atoms with Gasteiger partial charge in [-0.25, -0.2) is 0 Å². The lowest BCUT2D eigenvalue weighted by atomic mass is 9.85. The molecule has 7 fully saturated rings. The molecule has 4 nitrogen and oxygen atoms in total. The van der Waals surface area contributed by atoms with Crippen LogP contribution in [0.4, 0.5) is 0 Å². The van der Waals surface area contributed by atoms with Crippen molar-refractivity contribution >= 4 is 0 Å². The highest BCUT2D eigenvalue weighted by atomic mass is 16.8. The lowest BCUT2D eigenvalue weighted by Gasteiger charge is -2.30. The standard InChI is InChI=1S/C20H28O4/c1-19(2)21-15-8-5-7-6-9-12-10(7)11(8)13(17(15)23-19)14(12)18-16(9)22-20(3,4)24-18/h7-18H,5-6H2,1-4H3. The minimum atomic E-state index is -0.413. The highest BCUT2D eigenvalue weighted by Crippen LogP contribution is 2.77. The molecule has 7 rings (SSSR count). The van der Waals surface area contributed by atoms with E-state index in [1.165, 1.54) is 12.8 Å². The van der Waals surface area contributed by atoms with Crippen LogP contribution in [0, 0.1) is 47.3 Å². The highest BCUT2D eigenvalue weighted by molar-refractivity contribution is 5.26. The summed E-state index contributed by atoms with van der Waals surface area (Å²) in [6.45, 7) is 8.37. The van der Waals surface area contributed by atoms with Crippen molar-refractivity contribution in [2.75, 3.05) is 0 Å². The fraction of sp³-hybridized carbons (Fsp3) is 1.00. The molecule has 0 N–H and O–H groups in total. The Morgan fingerprint density at radius 1 is 0.542 bits per heavy atom. The van der Waals surface area contributed by atoms with Crippen molar-refractivity contribution in [2.24, 2.45) is 47.3 Å². The number of rotatable bonds is 0. The molecule has 132 valence electrons. The van der Waals surface area contributed by atoms with Gasteiger partial charge in [0.15, 0.2) is 11.6 Å². The van der Waals surface area contributed by atoms with Crippen LogP contribution in [0.2, 0.25) is 0 Å². The molecule has 5 saturated carbocycles. The molecular weight excluding hydrogens is 304 g/mol. The molecule has 2 saturated heterocycles. The van der Waals surface area contributed by atoms with E-state index in [0.717, 1.165) is 35.5 Å². The lowest BCUT2D eigenvalue weighted by Crippen LogP contribution is -2.37. The summed E-state index contributed by atoms with van der Waals surface area (Å²) in [6, 6.07) is 0. The molecule has 10 atom stereocenters. The maximum Gasteiger partial charge on any atom is 0.163 e. The van der Waals surface area contributed by atoms with Crippen LogP contribution < -0.4 is 0 Å². The van der Waals surface area contributed by atoms with Crippen LogP contribution in [0.1, 0.15) is 40.5 Å². The van der Waals surface area contributed by atoms with Crippen LogP contribution in [0.3, 0.4) is 0 Å². The molecule has 5 aliphatic carbocycles. The Morgan fingerprint density at radius 3 is 1.42 bits per heavy atom. The molecule has 2 heterocycles. The van der Waals surface area contributed by atoms with Gasteiger partial charge in [0.05, 0.1) is 24.4 Å². The maximum absolute atomic E-state index is 6.48. The first kappa shape index (κ1) is 14.0. The van der Waals surface area contributed by atoms with E-state index in [0.29, 0.717) is 36.3 Å². The van der Waals surface area contributed by atoms with Gasteiger partial charge in [-0.15, -0.1) is 0 Å². The van der Waals surface area contributed by atoms with E-state index in [2.05, 4.69) is 27.7 Å². The van der Waals surface area contributed by atoms with Gasteiger partial charge in [0, 0.05) is 0 Å². The molecule has 0 amide bonds. The predicted molar refractivity (Wildman–Crippen MR) is 84.8 cm³/mol. The fourth-order valence-corrected chi connectivity index (χ4v) is 8.95. The quantitative estimate of drug-likeness (QED) is 0.683. The second kappa shape index (κ2) is 3.76. The predicted octanol–water partition coefficient (Wildman–Crippen LogP) is 2.80. The third-order valence-electron chi connectivity index (χ3n) is 8.84. The Labute approximate surface area is 143 Å². The van der Waals surface area contributed by atoms with Crippen LogP contribution in [-0.4, -0.2) is 36.0 Å². The van der Waals surface area contributed by atoms with Gasteiger partial charge >= 0.3 is 0 Å². The van der Waals surface area contributed by atoms with E-state index >= 15 is 0 Å². The van der Waals surface area contributed by atoms with Gasteiger partial charge < -0.3 is 18.9 Å². The zero-order valence-electron chi connectivity index (χ0n) is 15.0. The maximum atomic E-state index is 6.48. The molecule has 0 aromatic rings. The molecule has 24 heavy (non-hydrogen) atoms. The van der Waals surface area contributed by atoms with Crippen molar-refractivity contribution in [1.82, 2.24) is 0 Å². The van der Waals surface area contributed by atoms with Gasteiger partial charge in [-0.2, -0.15) is 0 Å². The van der Waals surface area contributed by atoms with Crippen molar-refractivity contribution in [2.45, 2.75) is 76.5 Å². The second-order valence-electron chi connectivity index (χ2n) is 10.6. The Morgan fingerprint density at radius 2 is 0.958 bits per heavy atom. The highest BCUT2D eigenvalue weighted by Gasteiger charge is 2.79. The van der Waals surface area contributed by atoms with Gasteiger partial charge in [-0.3, -0.25) is 0 Å². The summed E-state index contributed by atoms with van der Waals surface area (Å²) in [6.07, 6.45) is 3.97. The normalized spacial score (nSPS) is 68.5. The van der Waals surface area contributed by atoms with Crippen LogP contribution >= 0.6 is 0 Å². The van der Waals surface area contributed by atoms with Crippen molar-refractivity contribution in [1.29, 1.82) is 0 Å². The zero-order valence-corrected chi connectivity index (χ0v) is 15.0. The van der Waals surface area contributed by atoms with E-state index in [4.69, 9.17) is 18.9 Å². The number of hydrogen-bond acceptors (Lipinski definition) is 4. The van der Waals surface area contributed by atoms with Crippen molar-refractivity contribution in [3.63, 3.8) is 0 Å². The minimum absolute atomic E-state index is 0.290. The largest absolute Gasteiger partial charge is 0.344 e. The topological polar surface area (TPSA) is 36.9 Å². The molecule has 0 spiro atoms. The summed E-state index contributed by atoms with van der Waals surface area (Å²) in [5.74, 6) is 5.38. The first-order valence-corrected chi connectivity index (χ1v) is 10.1. The van der Waals surface area contributed by atoms with E-state index in [-0.39, 0.29) is 0 Å². The monoisotopic (exact) mass is 332 g/mol. The van der Waals surface area contributed by atoms with E-state index in [1.807, 2.05) is 0 Å². The Balaban J connectivity index is 1.35. The minimum Gasteiger partial charge on any atom is -0.344 e. The second-order valence-corrected chi connectivity index (χ2v) is 10.6. The average Bonchev–Trinajstić information content (AvgIpc) is 3.20. The number of hydrogen-bond donors (Lipinski definition) is 0. The molecule has 0 bridgehead atoms. The van der Waals surface area contributed by atoms with Crippen LogP contribution in [0.5, 0.6) is 0 Å². The third kappa shape index (κ3) is 1.35. The molecule has 4 heteroatoms. The molecular formula is C20H28O4. The van der Waals surface area contributed by atoms with Crippen LogP contribution in [0.15, 0.2) is 0 Å². The average molecular weight is 332 g/mol. The van der Waals surface area contributed by atoms with Gasteiger partial charge in [0.25, 0.3) is 0 Å². The Hall–Kier alpha value is -0.160. The summed E-state index contributed by atoms with van der Waals surface area (Å²) >= 11 is 0. The molecule has 0 radical (unpaired) electrons. The van der Waals surface area contributed by atoms with E-state index in [9.17, 15) is 0 Å². The van der Waals surface area contributed by atoms with Crippen molar-refractivity contribution < 1.29 is 18.9 Å². The lowest BCUT2D eigenvalue weighted by molar-refractivity contribution is -0.176. The number of ether oxygens (including phenoxy) is 4. The van der Waals surface area contributed by atoms with Crippen LogP contribution in [0.25, 0.3) is 0 Å². The first-order chi connectivity index (χ1) is 11.3. The Kier molecular flexibility index (Phi) is 2.19. The number of fused-ring (bicyclic) bond motifs is 7. The van der Waals surface area contributed by atoms with Gasteiger partial charge in [0.2, 0.25) is 0 Å². The first-order valence-electron chi connectivity index (χ1n) is 10.1. The van der Waals surface area contributed by atoms with Crippen LogP contribution in [-0.2, 0) is 18.9 Å². The summed E-state index contributed by atoms with van der Waals surface area (Å²) in [4.78, 5) is 0. The van der Waals surface area contributed by atoms with Gasteiger partial charge in [0.1, 0.15) is 0 Å². The molecule has 7 aliphatic rings.